The van der Waals surface area contributed by atoms with Crippen LogP contribution in [0.4, 0.5) is 4.79 Å². The molecule has 7 heteroatoms. The Morgan fingerprint density at radius 3 is 3.03 bits per heavy atom. The number of rotatable bonds is 6. The zero-order valence-electron chi connectivity index (χ0n) is 17.3. The summed E-state index contributed by atoms with van der Waals surface area (Å²) in [6, 6.07) is 8.03. The average Bonchev–Trinajstić information content (AvgIpc) is 3.09. The van der Waals surface area contributed by atoms with Crippen LogP contribution in [0.1, 0.15) is 30.6 Å². The Hall–Kier alpha value is -2.54. The van der Waals surface area contributed by atoms with E-state index in [2.05, 4.69) is 16.9 Å². The van der Waals surface area contributed by atoms with E-state index in [9.17, 15) is 9.59 Å². The molecule has 30 heavy (non-hydrogen) atoms. The van der Waals surface area contributed by atoms with Crippen molar-refractivity contribution in [3.8, 4) is 5.75 Å². The number of piperidine rings is 1. The number of methoxy groups -OCH3 is 1. The van der Waals surface area contributed by atoms with Gasteiger partial charge in [-0.1, -0.05) is 17.8 Å². The highest BCUT2D eigenvalue weighted by molar-refractivity contribution is 8.14. The van der Waals surface area contributed by atoms with Gasteiger partial charge < -0.3 is 15.0 Å². The highest BCUT2D eigenvalue weighted by Crippen LogP contribution is 2.50. The summed E-state index contributed by atoms with van der Waals surface area (Å²) in [4.78, 5) is 30.7. The molecule has 2 aromatic rings. The molecule has 0 aliphatic carbocycles. The van der Waals surface area contributed by atoms with Crippen LogP contribution in [0.2, 0.25) is 0 Å². The molecule has 158 valence electrons. The first-order valence-corrected chi connectivity index (χ1v) is 11.2. The van der Waals surface area contributed by atoms with Gasteiger partial charge in [0.25, 0.3) is 5.24 Å². The molecule has 2 aliphatic rings. The molecule has 0 radical (unpaired) electrons. The number of fused-ring (bicyclic) bond motifs is 2. The highest BCUT2D eigenvalue weighted by atomic mass is 32.2. The van der Waals surface area contributed by atoms with Crippen LogP contribution >= 0.6 is 11.8 Å². The molecule has 2 aliphatic heterocycles. The number of nitrogens with one attached hydrogen (secondary N) is 1. The summed E-state index contributed by atoms with van der Waals surface area (Å²) in [7, 11) is 1.66. The van der Waals surface area contributed by atoms with Gasteiger partial charge in [-0.3, -0.25) is 14.6 Å². The lowest BCUT2D eigenvalue weighted by molar-refractivity contribution is -0.119. The number of carbonyl (C=O) groups excluding carboxylic acids is 2. The van der Waals surface area contributed by atoms with Crippen molar-refractivity contribution in [2.45, 2.75) is 31.1 Å². The molecule has 1 aromatic heterocycles. The summed E-state index contributed by atoms with van der Waals surface area (Å²) in [5, 5.41) is 4.15. The lowest BCUT2D eigenvalue weighted by atomic mass is 9.79. The number of aromatic nitrogens is 1. The smallest absolute Gasteiger partial charge is 0.282 e. The first-order chi connectivity index (χ1) is 14.5. The van der Waals surface area contributed by atoms with E-state index in [-0.39, 0.29) is 28.4 Å². The lowest BCUT2D eigenvalue weighted by Gasteiger charge is -2.39. The van der Waals surface area contributed by atoms with Gasteiger partial charge in [0.1, 0.15) is 5.75 Å². The van der Waals surface area contributed by atoms with E-state index < -0.39 is 0 Å². The summed E-state index contributed by atoms with van der Waals surface area (Å²) in [5.74, 6) is 1.34. The zero-order chi connectivity index (χ0) is 21.3. The maximum Gasteiger partial charge on any atom is 0.282 e. The van der Waals surface area contributed by atoms with Gasteiger partial charge >= 0.3 is 0 Å². The molecule has 1 N–H and O–H groups in total. The Labute approximate surface area is 181 Å². The highest BCUT2D eigenvalue weighted by Gasteiger charge is 2.46. The fourth-order valence-corrected chi connectivity index (χ4v) is 6.01. The van der Waals surface area contributed by atoms with Crippen molar-refractivity contribution in [2.24, 2.45) is 11.8 Å². The van der Waals surface area contributed by atoms with E-state index in [0.29, 0.717) is 12.5 Å². The fourth-order valence-electron chi connectivity index (χ4n) is 4.68. The second-order valence-electron chi connectivity index (χ2n) is 7.97. The quantitative estimate of drug-likeness (QED) is 0.704. The minimum atomic E-state index is -0.0269. The van der Waals surface area contributed by atoms with Crippen LogP contribution in [-0.2, 0) is 4.79 Å². The molecule has 0 saturated carbocycles. The lowest BCUT2D eigenvalue weighted by Crippen LogP contribution is -2.44. The second kappa shape index (κ2) is 8.68. The van der Waals surface area contributed by atoms with Crippen LogP contribution in [0, 0.1) is 11.8 Å². The van der Waals surface area contributed by atoms with E-state index in [1.165, 1.54) is 18.7 Å². The molecule has 4 rings (SSSR count). The number of hydrogen-bond donors (Lipinski definition) is 1. The van der Waals surface area contributed by atoms with Crippen molar-refractivity contribution in [3.05, 3.63) is 48.7 Å². The van der Waals surface area contributed by atoms with Crippen LogP contribution in [0.5, 0.6) is 5.75 Å². The van der Waals surface area contributed by atoms with Crippen molar-refractivity contribution >= 4 is 33.8 Å². The topological polar surface area (TPSA) is 71.5 Å². The normalized spacial score (nSPS) is 24.4. The first kappa shape index (κ1) is 20.7. The number of ether oxygens (including phenoxy) is 1. The van der Waals surface area contributed by atoms with Crippen LogP contribution < -0.4 is 10.1 Å². The maximum atomic E-state index is 12.8. The van der Waals surface area contributed by atoms with Crippen LogP contribution in [0.25, 0.3) is 10.9 Å². The summed E-state index contributed by atoms with van der Waals surface area (Å²) < 4.78 is 5.42. The molecule has 0 spiro atoms. The van der Waals surface area contributed by atoms with Gasteiger partial charge in [-0.2, -0.15) is 0 Å². The monoisotopic (exact) mass is 425 g/mol. The Morgan fingerprint density at radius 1 is 1.47 bits per heavy atom. The molecule has 2 amide bonds. The van der Waals surface area contributed by atoms with Crippen LogP contribution in [-0.4, -0.2) is 47.3 Å². The van der Waals surface area contributed by atoms with Crippen LogP contribution in [0.15, 0.2) is 43.1 Å². The van der Waals surface area contributed by atoms with E-state index in [1.54, 1.807) is 7.11 Å². The number of hydrogen-bond acceptors (Lipinski definition) is 5. The third kappa shape index (κ3) is 3.90. The van der Waals surface area contributed by atoms with Gasteiger partial charge in [0.2, 0.25) is 5.91 Å². The molecule has 0 bridgehead atoms. The number of benzene rings is 1. The molecule has 4 atom stereocenters. The number of nitrogens with zero attached hydrogens (tertiary/aromatic N) is 2. The minimum Gasteiger partial charge on any atom is -0.497 e. The molecular formula is C23H27N3O3S. The van der Waals surface area contributed by atoms with Crippen LogP contribution in [0.3, 0.4) is 0 Å². The van der Waals surface area contributed by atoms with Gasteiger partial charge in [-0.05, 0) is 54.5 Å². The van der Waals surface area contributed by atoms with E-state index in [0.717, 1.165) is 41.6 Å². The van der Waals surface area contributed by atoms with Crippen molar-refractivity contribution in [2.75, 3.05) is 20.2 Å². The Kier molecular flexibility index (Phi) is 5.99. The van der Waals surface area contributed by atoms with E-state index >= 15 is 0 Å². The number of pyridine rings is 1. The first-order valence-electron chi connectivity index (χ1n) is 10.3. The third-order valence-corrected chi connectivity index (χ3v) is 7.54. The fraction of sp³-hybridized carbons (Fsp3) is 0.435. The number of carbonyl (C=O) groups is 2. The van der Waals surface area contributed by atoms with Gasteiger partial charge in [-0.15, -0.1) is 6.58 Å². The summed E-state index contributed by atoms with van der Waals surface area (Å²) in [6.07, 6.45) is 5.59. The van der Waals surface area contributed by atoms with Crippen molar-refractivity contribution in [1.82, 2.24) is 15.2 Å². The molecule has 2 saturated heterocycles. The largest absolute Gasteiger partial charge is 0.497 e. The number of thioether (sulfide) groups is 1. The summed E-state index contributed by atoms with van der Waals surface area (Å²) in [6.45, 7) is 6.87. The Balaban J connectivity index is 1.64. The summed E-state index contributed by atoms with van der Waals surface area (Å²) >= 11 is 1.41. The molecule has 3 heterocycles. The predicted molar refractivity (Wildman–Crippen MR) is 120 cm³/mol. The second-order valence-corrected chi connectivity index (χ2v) is 9.06. The van der Waals surface area contributed by atoms with E-state index in [4.69, 9.17) is 4.74 Å². The maximum absolute atomic E-state index is 12.8. The van der Waals surface area contributed by atoms with Gasteiger partial charge in [-0.25, -0.2) is 0 Å². The predicted octanol–water partition coefficient (Wildman–Crippen LogP) is 4.17. The molecule has 6 nitrogen and oxygen atoms in total. The van der Waals surface area contributed by atoms with E-state index in [1.807, 2.05) is 41.4 Å². The number of amides is 2. The van der Waals surface area contributed by atoms with Crippen molar-refractivity contribution < 1.29 is 14.3 Å². The van der Waals surface area contributed by atoms with Gasteiger partial charge in [0.05, 0.1) is 17.9 Å². The van der Waals surface area contributed by atoms with Crippen molar-refractivity contribution in [3.63, 3.8) is 0 Å². The Bertz CT molecular complexity index is 979. The summed E-state index contributed by atoms with van der Waals surface area (Å²) in [5.41, 5.74) is 2.03. The van der Waals surface area contributed by atoms with Gasteiger partial charge in [0.15, 0.2) is 0 Å². The molecule has 2 fully saturated rings. The van der Waals surface area contributed by atoms with Crippen molar-refractivity contribution in [1.29, 1.82) is 0 Å². The standard InChI is InChI=1S/C23H27N3O3S/c1-4-15(13-25-14(2)27)16-8-10-26-21(11-16)22(30-23(26)28)18-7-9-24-20-6-5-17(29-3)12-19(18)20/h4-7,9,12,15-16,21-22H,1,8,10-11,13H2,2-3H3,(H,25,27). The zero-order valence-corrected chi connectivity index (χ0v) is 18.2. The molecule has 1 aromatic carbocycles. The third-order valence-electron chi connectivity index (χ3n) is 6.28. The average molecular weight is 426 g/mol. The SMILES string of the molecule is C=CC(CNC(C)=O)C1CCN2C(=O)SC(c3ccnc4ccc(OC)cc34)C2C1. The molecule has 4 unspecified atom stereocenters. The minimum absolute atomic E-state index is 0.0269. The van der Waals surface area contributed by atoms with Gasteiger partial charge in [0, 0.05) is 37.6 Å². The Morgan fingerprint density at radius 2 is 2.30 bits per heavy atom. The molecular weight excluding hydrogens is 398 g/mol.